The van der Waals surface area contributed by atoms with E-state index >= 15 is 0 Å². The van der Waals surface area contributed by atoms with E-state index in [9.17, 15) is 0 Å². The summed E-state index contributed by atoms with van der Waals surface area (Å²) in [6, 6.07) is 4.66. The molecule has 144 valence electrons. The number of fused-ring (bicyclic) bond motifs is 3. The summed E-state index contributed by atoms with van der Waals surface area (Å²) < 4.78 is 8.01. The second-order valence-corrected chi connectivity index (χ2v) is 7.76. The molecular weight excluding hydrogens is 338 g/mol. The standard InChI is InChI=1S/C21H29N5O/c1-3-8-26-17(2)20(9-23-26)13-24-10-19-12-25(21(14-24)16-27-15-19)11-18-4-6-22-7-5-18/h3-7,9,19,21H,1,8,10-16H2,2H3/t19-,21-/m0/s1. The first-order valence-electron chi connectivity index (χ1n) is 9.78. The van der Waals surface area contributed by atoms with Gasteiger partial charge in [0.2, 0.25) is 0 Å². The third-order valence-electron chi connectivity index (χ3n) is 5.69. The molecule has 2 saturated heterocycles. The minimum atomic E-state index is 0.425. The van der Waals surface area contributed by atoms with Crippen LogP contribution >= 0.6 is 0 Å². The van der Waals surface area contributed by atoms with E-state index in [4.69, 9.17) is 4.74 Å². The van der Waals surface area contributed by atoms with E-state index in [0.29, 0.717) is 12.0 Å². The van der Waals surface area contributed by atoms with Crippen LogP contribution in [-0.2, 0) is 24.4 Å². The summed E-state index contributed by atoms with van der Waals surface area (Å²) in [5.74, 6) is 0.544. The Morgan fingerprint density at radius 2 is 2.04 bits per heavy atom. The maximum absolute atomic E-state index is 5.98. The number of nitrogens with zero attached hydrogens (tertiary/aromatic N) is 5. The zero-order chi connectivity index (χ0) is 18.6. The Morgan fingerprint density at radius 1 is 1.19 bits per heavy atom. The average Bonchev–Trinajstić information content (AvgIpc) is 2.81. The fourth-order valence-corrected chi connectivity index (χ4v) is 4.26. The van der Waals surface area contributed by atoms with E-state index < -0.39 is 0 Å². The highest BCUT2D eigenvalue weighted by Gasteiger charge is 2.33. The average molecular weight is 367 g/mol. The van der Waals surface area contributed by atoms with Gasteiger partial charge in [-0.3, -0.25) is 19.5 Å². The van der Waals surface area contributed by atoms with Crippen LogP contribution in [0, 0.1) is 12.8 Å². The van der Waals surface area contributed by atoms with E-state index in [2.05, 4.69) is 45.5 Å². The van der Waals surface area contributed by atoms with Gasteiger partial charge in [0.05, 0.1) is 26.0 Å². The zero-order valence-corrected chi connectivity index (χ0v) is 16.1. The van der Waals surface area contributed by atoms with Crippen molar-refractivity contribution < 1.29 is 4.74 Å². The number of allylic oxidation sites excluding steroid dienone is 1. The van der Waals surface area contributed by atoms with Crippen LogP contribution in [0.4, 0.5) is 0 Å². The summed E-state index contributed by atoms with van der Waals surface area (Å²) in [6.45, 7) is 13.6. The summed E-state index contributed by atoms with van der Waals surface area (Å²) in [6.07, 6.45) is 7.68. The van der Waals surface area contributed by atoms with E-state index in [-0.39, 0.29) is 0 Å². The van der Waals surface area contributed by atoms with Crippen molar-refractivity contribution in [1.29, 1.82) is 0 Å². The topological polar surface area (TPSA) is 46.4 Å². The van der Waals surface area contributed by atoms with Crippen molar-refractivity contribution in [3.05, 3.63) is 60.2 Å². The van der Waals surface area contributed by atoms with Gasteiger partial charge >= 0.3 is 0 Å². The van der Waals surface area contributed by atoms with Crippen molar-refractivity contribution in [2.75, 3.05) is 32.8 Å². The van der Waals surface area contributed by atoms with E-state index in [1.54, 1.807) is 0 Å². The fraction of sp³-hybridized carbons (Fsp3) is 0.524. The monoisotopic (exact) mass is 367 g/mol. The molecule has 2 bridgehead atoms. The first-order valence-corrected chi connectivity index (χ1v) is 9.78. The van der Waals surface area contributed by atoms with Crippen LogP contribution in [0.2, 0.25) is 0 Å². The molecule has 0 aliphatic carbocycles. The second-order valence-electron chi connectivity index (χ2n) is 7.76. The minimum absolute atomic E-state index is 0.425. The summed E-state index contributed by atoms with van der Waals surface area (Å²) in [4.78, 5) is 9.33. The molecule has 6 heteroatoms. The molecule has 6 nitrogen and oxygen atoms in total. The molecule has 0 N–H and O–H groups in total. The maximum Gasteiger partial charge on any atom is 0.0634 e. The van der Waals surface area contributed by atoms with Crippen LogP contribution in [-0.4, -0.2) is 63.5 Å². The number of aromatic nitrogens is 3. The fourth-order valence-electron chi connectivity index (χ4n) is 4.26. The van der Waals surface area contributed by atoms with Crippen LogP contribution in [0.1, 0.15) is 16.8 Å². The Balaban J connectivity index is 1.47. The van der Waals surface area contributed by atoms with E-state index in [1.807, 2.05) is 29.3 Å². The number of rotatable bonds is 6. The lowest BCUT2D eigenvalue weighted by Gasteiger charge is -2.31. The van der Waals surface area contributed by atoms with Crippen molar-refractivity contribution in [2.24, 2.45) is 5.92 Å². The molecule has 0 saturated carbocycles. The van der Waals surface area contributed by atoms with Crippen LogP contribution in [0.25, 0.3) is 0 Å². The molecule has 0 amide bonds. The Morgan fingerprint density at radius 3 is 2.85 bits per heavy atom. The molecule has 27 heavy (non-hydrogen) atoms. The molecule has 2 aromatic heterocycles. The SMILES string of the molecule is C=CCn1ncc(CN2C[C@@H]3COC[C@H](C2)N(Cc2ccncc2)C3)c1C. The van der Waals surface area contributed by atoms with Crippen molar-refractivity contribution >= 4 is 0 Å². The van der Waals surface area contributed by atoms with Crippen LogP contribution < -0.4 is 0 Å². The molecule has 0 unspecified atom stereocenters. The lowest BCUT2D eigenvalue weighted by molar-refractivity contribution is 0.0469. The van der Waals surface area contributed by atoms with Gasteiger partial charge < -0.3 is 4.74 Å². The molecule has 4 heterocycles. The Labute approximate surface area is 161 Å². The first kappa shape index (κ1) is 18.3. The van der Waals surface area contributed by atoms with Gasteiger partial charge in [-0.2, -0.15) is 5.10 Å². The van der Waals surface area contributed by atoms with Crippen molar-refractivity contribution in [2.45, 2.75) is 32.6 Å². The van der Waals surface area contributed by atoms with Gasteiger partial charge in [0.1, 0.15) is 0 Å². The summed E-state index contributed by atoms with van der Waals surface area (Å²) in [5.41, 5.74) is 3.89. The number of pyridine rings is 1. The number of ether oxygens (including phenoxy) is 1. The molecule has 2 aliphatic rings. The number of hydrogen-bond donors (Lipinski definition) is 0. The summed E-state index contributed by atoms with van der Waals surface area (Å²) in [5, 5.41) is 4.52. The second kappa shape index (κ2) is 8.33. The predicted molar refractivity (Wildman–Crippen MR) is 105 cm³/mol. The summed E-state index contributed by atoms with van der Waals surface area (Å²) >= 11 is 0. The molecule has 2 atom stereocenters. The first-order chi connectivity index (χ1) is 13.2. The molecule has 4 rings (SSSR count). The van der Waals surface area contributed by atoms with Gasteiger partial charge in [0.25, 0.3) is 0 Å². The third-order valence-corrected chi connectivity index (χ3v) is 5.69. The van der Waals surface area contributed by atoms with Crippen molar-refractivity contribution in [3.8, 4) is 0 Å². The van der Waals surface area contributed by atoms with Gasteiger partial charge in [-0.15, -0.1) is 6.58 Å². The lowest BCUT2D eigenvalue weighted by Crippen LogP contribution is -2.43. The zero-order valence-electron chi connectivity index (χ0n) is 16.1. The van der Waals surface area contributed by atoms with Crippen LogP contribution in [0.15, 0.2) is 43.4 Å². The molecule has 0 aromatic carbocycles. The van der Waals surface area contributed by atoms with Gasteiger partial charge in [-0.1, -0.05) is 6.08 Å². The largest absolute Gasteiger partial charge is 0.379 e. The summed E-state index contributed by atoms with van der Waals surface area (Å²) in [7, 11) is 0. The predicted octanol–water partition coefficient (Wildman–Crippen LogP) is 2.11. The minimum Gasteiger partial charge on any atom is -0.379 e. The Bertz CT molecular complexity index is 759. The van der Waals surface area contributed by atoms with Crippen molar-refractivity contribution in [1.82, 2.24) is 24.6 Å². The molecule has 2 aliphatic heterocycles. The normalized spacial score (nSPS) is 23.9. The molecule has 2 fully saturated rings. The molecule has 2 aromatic rings. The third kappa shape index (κ3) is 4.29. The van der Waals surface area contributed by atoms with Crippen LogP contribution in [0.5, 0.6) is 0 Å². The van der Waals surface area contributed by atoms with Crippen molar-refractivity contribution in [3.63, 3.8) is 0 Å². The van der Waals surface area contributed by atoms with Gasteiger partial charge in [-0.25, -0.2) is 0 Å². The Hall–Kier alpha value is -2.02. The Kier molecular flexibility index (Phi) is 5.66. The molecule has 0 spiro atoms. The number of hydrogen-bond acceptors (Lipinski definition) is 5. The quantitative estimate of drug-likeness (QED) is 0.732. The highest BCUT2D eigenvalue weighted by atomic mass is 16.5. The van der Waals surface area contributed by atoms with Gasteiger partial charge in [-0.05, 0) is 24.6 Å². The smallest absolute Gasteiger partial charge is 0.0634 e. The van der Waals surface area contributed by atoms with Gasteiger partial charge in [0.15, 0.2) is 0 Å². The lowest BCUT2D eigenvalue weighted by atomic mass is 10.1. The van der Waals surface area contributed by atoms with E-state index in [0.717, 1.165) is 52.5 Å². The van der Waals surface area contributed by atoms with E-state index in [1.165, 1.54) is 16.8 Å². The maximum atomic E-state index is 5.98. The highest BCUT2D eigenvalue weighted by molar-refractivity contribution is 5.17. The molecular formula is C21H29N5O. The van der Waals surface area contributed by atoms with Crippen LogP contribution in [0.3, 0.4) is 0 Å². The van der Waals surface area contributed by atoms with Gasteiger partial charge in [0, 0.05) is 68.3 Å². The highest BCUT2D eigenvalue weighted by Crippen LogP contribution is 2.23. The molecule has 0 radical (unpaired) electrons.